The molecule has 0 amide bonds. The fourth-order valence-corrected chi connectivity index (χ4v) is 2.15. The number of rotatable bonds is 6. The molecule has 1 aromatic carbocycles. The molecule has 5 heteroatoms. The zero-order valence-corrected chi connectivity index (χ0v) is 13.4. The van der Waals surface area contributed by atoms with Gasteiger partial charge in [-0.1, -0.05) is 15.9 Å². The molecule has 0 saturated heterocycles. The van der Waals surface area contributed by atoms with Crippen LogP contribution in [-0.2, 0) is 16.1 Å². The Bertz CT molecular complexity index is 435. The van der Waals surface area contributed by atoms with E-state index < -0.39 is 0 Å². The van der Waals surface area contributed by atoms with Crippen molar-refractivity contribution in [1.29, 1.82) is 0 Å². The number of hydrogen-bond donors (Lipinski definition) is 0. The second-order valence-corrected chi connectivity index (χ2v) is 5.45. The van der Waals surface area contributed by atoms with E-state index in [0.717, 1.165) is 15.8 Å². The predicted molar refractivity (Wildman–Crippen MR) is 78.3 cm³/mol. The van der Waals surface area contributed by atoms with Gasteiger partial charge in [0.2, 0.25) is 0 Å². The number of benzene rings is 1. The summed E-state index contributed by atoms with van der Waals surface area (Å²) in [6.07, 6.45) is 0. The largest absolute Gasteiger partial charge is 0.496 e. The summed E-state index contributed by atoms with van der Waals surface area (Å²) in [6.45, 7) is 5.00. The van der Waals surface area contributed by atoms with Crippen LogP contribution in [0.4, 0.5) is 0 Å². The lowest BCUT2D eigenvalue weighted by Crippen LogP contribution is -2.35. The van der Waals surface area contributed by atoms with E-state index in [-0.39, 0.29) is 18.6 Å². The third-order valence-corrected chi connectivity index (χ3v) is 3.40. The van der Waals surface area contributed by atoms with Crippen LogP contribution in [0.3, 0.4) is 0 Å². The molecule has 0 bridgehead atoms. The van der Waals surface area contributed by atoms with Crippen LogP contribution in [0.15, 0.2) is 22.7 Å². The Hall–Kier alpha value is -1.07. The smallest absolute Gasteiger partial charge is 0.319 e. The van der Waals surface area contributed by atoms with E-state index in [0.29, 0.717) is 6.54 Å². The summed E-state index contributed by atoms with van der Waals surface area (Å²) in [4.78, 5) is 13.5. The van der Waals surface area contributed by atoms with E-state index in [4.69, 9.17) is 9.47 Å². The third kappa shape index (κ3) is 4.84. The fraction of sp³-hybridized carbons (Fsp3) is 0.500. The molecule has 0 heterocycles. The first-order valence-electron chi connectivity index (χ1n) is 6.11. The first-order valence-corrected chi connectivity index (χ1v) is 6.90. The molecule has 1 rings (SSSR count). The average molecular weight is 330 g/mol. The highest BCUT2D eigenvalue weighted by Gasteiger charge is 2.17. The van der Waals surface area contributed by atoms with Crippen molar-refractivity contribution < 1.29 is 14.3 Å². The van der Waals surface area contributed by atoms with Crippen LogP contribution in [0, 0.1) is 0 Å². The van der Waals surface area contributed by atoms with Gasteiger partial charge in [-0.2, -0.15) is 0 Å². The van der Waals surface area contributed by atoms with Gasteiger partial charge in [0.05, 0.1) is 20.8 Å². The molecule has 4 nitrogen and oxygen atoms in total. The Morgan fingerprint density at radius 2 is 2.05 bits per heavy atom. The van der Waals surface area contributed by atoms with Crippen molar-refractivity contribution in [2.24, 2.45) is 0 Å². The minimum Gasteiger partial charge on any atom is -0.496 e. The molecule has 0 aliphatic carbocycles. The quantitative estimate of drug-likeness (QED) is 0.752. The monoisotopic (exact) mass is 329 g/mol. The van der Waals surface area contributed by atoms with Crippen LogP contribution in [0.25, 0.3) is 0 Å². The predicted octanol–water partition coefficient (Wildman–Crippen LogP) is 2.84. The Kier molecular flexibility index (Phi) is 6.31. The van der Waals surface area contributed by atoms with Gasteiger partial charge in [0.1, 0.15) is 5.75 Å². The molecule has 0 saturated carbocycles. The lowest BCUT2D eigenvalue weighted by molar-refractivity contribution is -0.142. The summed E-state index contributed by atoms with van der Waals surface area (Å²) in [7, 11) is 3.05. The van der Waals surface area contributed by atoms with Crippen LogP contribution in [-0.4, -0.2) is 37.7 Å². The van der Waals surface area contributed by atoms with Gasteiger partial charge in [-0.15, -0.1) is 0 Å². The van der Waals surface area contributed by atoms with Crippen molar-refractivity contribution in [3.63, 3.8) is 0 Å². The van der Waals surface area contributed by atoms with Crippen molar-refractivity contribution in [3.05, 3.63) is 28.2 Å². The van der Waals surface area contributed by atoms with Crippen LogP contribution >= 0.6 is 15.9 Å². The molecule has 1 aromatic rings. The second-order valence-electron chi connectivity index (χ2n) is 4.53. The number of ether oxygens (including phenoxy) is 2. The van der Waals surface area contributed by atoms with E-state index in [2.05, 4.69) is 15.9 Å². The number of nitrogens with zero attached hydrogens (tertiary/aromatic N) is 1. The van der Waals surface area contributed by atoms with Crippen molar-refractivity contribution in [1.82, 2.24) is 4.90 Å². The standard InChI is InChI=1S/C14H20BrNO3/c1-10(2)16(9-14(17)19-4)8-11-7-12(15)5-6-13(11)18-3/h5-7,10H,8-9H2,1-4H3. The molecule has 0 spiro atoms. The van der Waals surface area contributed by atoms with E-state index in [1.165, 1.54) is 7.11 Å². The molecule has 0 unspecified atom stereocenters. The van der Waals surface area contributed by atoms with E-state index in [1.54, 1.807) is 7.11 Å². The van der Waals surface area contributed by atoms with Crippen LogP contribution < -0.4 is 4.74 Å². The topological polar surface area (TPSA) is 38.8 Å². The maximum atomic E-state index is 11.4. The number of carbonyl (C=O) groups excluding carboxylic acids is 1. The van der Waals surface area contributed by atoms with Crippen molar-refractivity contribution in [2.45, 2.75) is 26.4 Å². The summed E-state index contributed by atoms with van der Waals surface area (Å²) in [5, 5.41) is 0. The Balaban J connectivity index is 2.89. The zero-order chi connectivity index (χ0) is 14.4. The van der Waals surface area contributed by atoms with Gasteiger partial charge < -0.3 is 9.47 Å². The highest BCUT2D eigenvalue weighted by Crippen LogP contribution is 2.24. The number of esters is 1. The van der Waals surface area contributed by atoms with Crippen molar-refractivity contribution in [3.8, 4) is 5.75 Å². The first kappa shape index (κ1) is 16.0. The van der Waals surface area contributed by atoms with Gasteiger partial charge in [0.25, 0.3) is 0 Å². The van der Waals surface area contributed by atoms with Gasteiger partial charge in [-0.3, -0.25) is 9.69 Å². The lowest BCUT2D eigenvalue weighted by Gasteiger charge is -2.26. The molecule has 0 N–H and O–H groups in total. The van der Waals surface area contributed by atoms with Gasteiger partial charge >= 0.3 is 5.97 Å². The SMILES string of the molecule is COC(=O)CN(Cc1cc(Br)ccc1OC)C(C)C. The number of carbonyl (C=O) groups is 1. The fourth-order valence-electron chi connectivity index (χ4n) is 1.74. The van der Waals surface area contributed by atoms with E-state index in [9.17, 15) is 4.79 Å². The number of methoxy groups -OCH3 is 2. The zero-order valence-electron chi connectivity index (χ0n) is 11.8. The van der Waals surface area contributed by atoms with Crippen LogP contribution in [0.1, 0.15) is 19.4 Å². The average Bonchev–Trinajstić information content (AvgIpc) is 2.37. The number of hydrogen-bond acceptors (Lipinski definition) is 4. The van der Waals surface area contributed by atoms with Crippen LogP contribution in [0.2, 0.25) is 0 Å². The van der Waals surface area contributed by atoms with Gasteiger partial charge in [-0.25, -0.2) is 0 Å². The molecular weight excluding hydrogens is 310 g/mol. The summed E-state index contributed by atoms with van der Waals surface area (Å²) >= 11 is 3.45. The maximum Gasteiger partial charge on any atom is 0.319 e. The Morgan fingerprint density at radius 3 is 2.58 bits per heavy atom. The molecule has 0 fully saturated rings. The van der Waals surface area contributed by atoms with E-state index >= 15 is 0 Å². The summed E-state index contributed by atoms with van der Waals surface area (Å²) in [5.41, 5.74) is 1.04. The minimum absolute atomic E-state index is 0.234. The summed E-state index contributed by atoms with van der Waals surface area (Å²) < 4.78 is 11.1. The number of halogens is 1. The lowest BCUT2D eigenvalue weighted by atomic mass is 10.1. The molecular formula is C14H20BrNO3. The first-order chi connectivity index (χ1) is 8.97. The molecule has 0 atom stereocenters. The minimum atomic E-state index is -0.234. The normalized spacial score (nSPS) is 10.9. The molecule has 106 valence electrons. The molecule has 0 radical (unpaired) electrons. The van der Waals surface area contributed by atoms with Crippen LogP contribution in [0.5, 0.6) is 5.75 Å². The van der Waals surface area contributed by atoms with Crippen molar-refractivity contribution in [2.75, 3.05) is 20.8 Å². The van der Waals surface area contributed by atoms with Gasteiger partial charge in [-0.05, 0) is 32.0 Å². The molecule has 0 aliphatic rings. The summed E-state index contributed by atoms with van der Waals surface area (Å²) in [5.74, 6) is 0.585. The second kappa shape index (κ2) is 7.50. The van der Waals surface area contributed by atoms with E-state index in [1.807, 2.05) is 36.9 Å². The van der Waals surface area contributed by atoms with Gasteiger partial charge in [0, 0.05) is 22.6 Å². The van der Waals surface area contributed by atoms with Gasteiger partial charge in [0.15, 0.2) is 0 Å². The Morgan fingerprint density at radius 1 is 1.37 bits per heavy atom. The van der Waals surface area contributed by atoms with Crippen molar-refractivity contribution >= 4 is 21.9 Å². The molecule has 0 aromatic heterocycles. The highest BCUT2D eigenvalue weighted by molar-refractivity contribution is 9.10. The highest BCUT2D eigenvalue weighted by atomic mass is 79.9. The third-order valence-electron chi connectivity index (χ3n) is 2.91. The molecule has 0 aliphatic heterocycles. The molecule has 19 heavy (non-hydrogen) atoms. The summed E-state index contributed by atoms with van der Waals surface area (Å²) in [6, 6.07) is 6.09. The maximum absolute atomic E-state index is 11.4. The Labute approximate surface area is 122 Å².